The number of halogens is 2. The maximum Gasteiger partial charge on any atom is 0.327 e. The topological polar surface area (TPSA) is 63.7 Å². The molecule has 1 heterocycles. The van der Waals surface area contributed by atoms with Crippen LogP contribution in [-0.4, -0.2) is 48.2 Å². The molecule has 1 fully saturated rings. The summed E-state index contributed by atoms with van der Waals surface area (Å²) in [6, 6.07) is -0.786. The summed E-state index contributed by atoms with van der Waals surface area (Å²) < 4.78 is 32.3. The Hall–Kier alpha value is -2.23. The lowest BCUT2D eigenvalue weighted by molar-refractivity contribution is -0.148. The van der Waals surface area contributed by atoms with Crippen molar-refractivity contribution in [3.63, 3.8) is 0 Å². The van der Waals surface area contributed by atoms with Crippen molar-refractivity contribution in [2.45, 2.75) is 70.8 Å². The molecule has 0 aromatic carbocycles. The van der Waals surface area contributed by atoms with Crippen molar-refractivity contribution >= 4 is 17.7 Å². The molecule has 2 atom stereocenters. The number of amides is 1. The number of carbonyl (C=O) groups is 3. The second-order valence-electron chi connectivity index (χ2n) is 7.01. The van der Waals surface area contributed by atoms with Crippen LogP contribution in [0.4, 0.5) is 8.78 Å². The molecule has 7 heteroatoms. The largest absolute Gasteiger partial charge is 0.469 e. The quantitative estimate of drug-likeness (QED) is 0.232. The number of rotatable bonds is 11. The van der Waals surface area contributed by atoms with Crippen LogP contribution in [0.2, 0.25) is 0 Å². The summed E-state index contributed by atoms with van der Waals surface area (Å²) in [4.78, 5) is 36.3. The lowest BCUT2D eigenvalue weighted by Crippen LogP contribution is -2.36. The van der Waals surface area contributed by atoms with Crippen molar-refractivity contribution in [3.05, 3.63) is 12.2 Å². The number of carbonyl (C=O) groups excluding carboxylic acids is 3. The first-order valence-corrected chi connectivity index (χ1v) is 9.60. The van der Waals surface area contributed by atoms with Gasteiger partial charge in [0.2, 0.25) is 0 Å². The number of hydrogen-bond acceptors (Lipinski definition) is 4. The van der Waals surface area contributed by atoms with E-state index in [9.17, 15) is 23.2 Å². The van der Waals surface area contributed by atoms with E-state index < -0.39 is 24.3 Å². The number of methoxy groups -OCH3 is 1. The van der Waals surface area contributed by atoms with E-state index in [1.807, 2.05) is 0 Å². The second-order valence-corrected chi connectivity index (χ2v) is 7.01. The maximum atomic E-state index is 13.9. The molecule has 1 aliphatic rings. The number of alkyl halides is 2. The van der Waals surface area contributed by atoms with Crippen LogP contribution in [0.15, 0.2) is 12.2 Å². The van der Waals surface area contributed by atoms with Crippen molar-refractivity contribution in [1.29, 1.82) is 0 Å². The molecule has 0 N–H and O–H groups in total. The van der Waals surface area contributed by atoms with Crippen molar-refractivity contribution in [2.75, 3.05) is 13.7 Å². The van der Waals surface area contributed by atoms with E-state index in [1.165, 1.54) is 19.3 Å². The molecule has 5 nitrogen and oxygen atoms in total. The van der Waals surface area contributed by atoms with Crippen LogP contribution >= 0.6 is 0 Å². The van der Waals surface area contributed by atoms with E-state index in [-0.39, 0.29) is 24.2 Å². The lowest BCUT2D eigenvalue weighted by atomic mass is 10.0. The van der Waals surface area contributed by atoms with Crippen molar-refractivity contribution in [1.82, 2.24) is 4.90 Å². The number of hydrogen-bond donors (Lipinski definition) is 0. The summed E-state index contributed by atoms with van der Waals surface area (Å²) in [5.74, 6) is 0.177. The SMILES string of the molecule is CC#CCC(C)C(=O)C=C[C@H]1CC(F)(F)C(=O)N1CCCCCCC(=O)OC. The fourth-order valence-electron chi connectivity index (χ4n) is 2.99. The van der Waals surface area contributed by atoms with Crippen molar-refractivity contribution in [2.24, 2.45) is 5.92 Å². The number of allylic oxidation sites excluding steroid dienone is 1. The van der Waals surface area contributed by atoms with Crippen LogP contribution in [-0.2, 0) is 19.1 Å². The molecule has 0 aliphatic carbocycles. The second kappa shape index (κ2) is 11.6. The Bertz CT molecular complexity index is 649. The molecule has 1 saturated heterocycles. The molecule has 0 aromatic rings. The molecule has 0 spiro atoms. The number of nitrogens with zero attached hydrogens (tertiary/aromatic N) is 1. The van der Waals surface area contributed by atoms with Gasteiger partial charge in [-0.1, -0.05) is 25.8 Å². The molecule has 28 heavy (non-hydrogen) atoms. The third-order valence-electron chi connectivity index (χ3n) is 4.75. The molecule has 0 aromatic heterocycles. The molecule has 0 saturated carbocycles. The molecule has 0 bridgehead atoms. The van der Waals surface area contributed by atoms with Gasteiger partial charge in [-0.15, -0.1) is 11.8 Å². The Balaban J connectivity index is 2.57. The Morgan fingerprint density at radius 1 is 1.32 bits per heavy atom. The molecular weight excluding hydrogens is 368 g/mol. The lowest BCUT2D eigenvalue weighted by Gasteiger charge is -2.21. The Morgan fingerprint density at radius 2 is 2.00 bits per heavy atom. The van der Waals surface area contributed by atoms with Gasteiger partial charge in [-0.3, -0.25) is 14.4 Å². The molecule has 0 radical (unpaired) electrons. The Morgan fingerprint density at radius 3 is 2.64 bits per heavy atom. The number of ether oxygens (including phenoxy) is 1. The summed E-state index contributed by atoms with van der Waals surface area (Å²) in [7, 11) is 1.33. The van der Waals surface area contributed by atoms with Gasteiger partial charge in [-0.25, -0.2) is 0 Å². The smallest absolute Gasteiger partial charge is 0.327 e. The molecule has 1 rings (SSSR count). The van der Waals surface area contributed by atoms with Crippen LogP contribution in [0, 0.1) is 17.8 Å². The van der Waals surface area contributed by atoms with Gasteiger partial charge >= 0.3 is 11.9 Å². The average molecular weight is 397 g/mol. The predicted molar refractivity (Wildman–Crippen MR) is 102 cm³/mol. The summed E-state index contributed by atoms with van der Waals surface area (Å²) in [5.41, 5.74) is 0. The fraction of sp³-hybridized carbons (Fsp3) is 0.667. The molecule has 1 amide bonds. The van der Waals surface area contributed by atoms with Crippen LogP contribution in [0.1, 0.15) is 58.8 Å². The van der Waals surface area contributed by atoms with Gasteiger partial charge < -0.3 is 9.64 Å². The molecule has 1 unspecified atom stereocenters. The first kappa shape index (κ1) is 23.8. The van der Waals surface area contributed by atoms with Gasteiger partial charge in [0.05, 0.1) is 13.2 Å². The number of esters is 1. The predicted octanol–water partition coefficient (Wildman–Crippen LogP) is 3.52. The standard InChI is InChI=1S/C21H29F2NO4/c1-4-5-10-16(2)18(25)13-12-17-15-21(22,23)20(27)24(17)14-9-7-6-8-11-19(26)28-3/h12-13,16-17H,6-11,14-15H2,1-3H3/t16?,17-/m0/s1. The van der Waals surface area contributed by atoms with E-state index in [4.69, 9.17) is 0 Å². The van der Waals surface area contributed by atoms with Crippen LogP contribution < -0.4 is 0 Å². The van der Waals surface area contributed by atoms with E-state index in [1.54, 1.807) is 13.8 Å². The van der Waals surface area contributed by atoms with Crippen LogP contribution in [0.25, 0.3) is 0 Å². The normalized spacial score (nSPS) is 19.4. The summed E-state index contributed by atoms with van der Waals surface area (Å²) in [6.45, 7) is 3.62. The van der Waals surface area contributed by atoms with Gasteiger partial charge in [0, 0.05) is 31.7 Å². The van der Waals surface area contributed by atoms with Crippen molar-refractivity contribution < 1.29 is 27.9 Å². The number of likely N-dealkylation sites (tertiary alicyclic amines) is 1. The minimum atomic E-state index is -3.40. The summed E-state index contributed by atoms with van der Waals surface area (Å²) in [5, 5.41) is 0. The van der Waals surface area contributed by atoms with E-state index in [0.29, 0.717) is 32.1 Å². The Kier molecular flexibility index (Phi) is 9.84. The van der Waals surface area contributed by atoms with Gasteiger partial charge in [0.25, 0.3) is 5.91 Å². The molecule has 1 aliphatic heterocycles. The number of unbranched alkanes of at least 4 members (excludes halogenated alkanes) is 3. The summed E-state index contributed by atoms with van der Waals surface area (Å²) in [6.07, 6.45) is 5.52. The van der Waals surface area contributed by atoms with Crippen LogP contribution in [0.5, 0.6) is 0 Å². The third kappa shape index (κ3) is 7.41. The molecule has 156 valence electrons. The minimum Gasteiger partial charge on any atom is -0.469 e. The van der Waals surface area contributed by atoms with E-state index >= 15 is 0 Å². The Labute approximate surface area is 165 Å². The van der Waals surface area contributed by atoms with Gasteiger partial charge in [0.1, 0.15) is 0 Å². The highest BCUT2D eigenvalue weighted by atomic mass is 19.3. The van der Waals surface area contributed by atoms with Crippen LogP contribution in [0.3, 0.4) is 0 Å². The molecular formula is C21H29F2NO4. The van der Waals surface area contributed by atoms with Gasteiger partial charge in [-0.05, 0) is 25.8 Å². The zero-order valence-corrected chi connectivity index (χ0v) is 16.8. The van der Waals surface area contributed by atoms with E-state index in [2.05, 4.69) is 16.6 Å². The highest BCUT2D eigenvalue weighted by Crippen LogP contribution is 2.34. The monoisotopic (exact) mass is 397 g/mol. The first-order chi connectivity index (χ1) is 13.2. The fourth-order valence-corrected chi connectivity index (χ4v) is 2.99. The number of ketones is 1. The minimum absolute atomic E-state index is 0.187. The average Bonchev–Trinajstić information content (AvgIpc) is 2.89. The zero-order chi connectivity index (χ0) is 21.2. The summed E-state index contributed by atoms with van der Waals surface area (Å²) >= 11 is 0. The van der Waals surface area contributed by atoms with E-state index in [0.717, 1.165) is 11.3 Å². The third-order valence-corrected chi connectivity index (χ3v) is 4.75. The zero-order valence-electron chi connectivity index (χ0n) is 16.8. The highest BCUT2D eigenvalue weighted by Gasteiger charge is 2.52. The van der Waals surface area contributed by atoms with Crippen molar-refractivity contribution in [3.8, 4) is 11.8 Å². The first-order valence-electron chi connectivity index (χ1n) is 9.60. The highest BCUT2D eigenvalue weighted by molar-refractivity contribution is 5.92. The van der Waals surface area contributed by atoms with Gasteiger partial charge in [0.15, 0.2) is 5.78 Å². The maximum absolute atomic E-state index is 13.9. The van der Waals surface area contributed by atoms with Gasteiger partial charge in [-0.2, -0.15) is 8.78 Å².